The van der Waals surface area contributed by atoms with E-state index in [1.54, 1.807) is 6.92 Å². The molecule has 0 heterocycles. The Balaban J connectivity index is 2.54. The Morgan fingerprint density at radius 3 is 2.41 bits per heavy atom. The summed E-state index contributed by atoms with van der Waals surface area (Å²) >= 11 is -2.44. The second-order valence-corrected chi connectivity index (χ2v) is 7.04. The van der Waals surface area contributed by atoms with E-state index in [1.165, 1.54) is 0 Å². The molecule has 1 aromatic carbocycles. The van der Waals surface area contributed by atoms with E-state index in [0.29, 0.717) is 6.61 Å². The van der Waals surface area contributed by atoms with Gasteiger partial charge in [-0.05, 0) is 12.5 Å². The molecule has 3 unspecified atom stereocenters. The molecule has 0 aromatic heterocycles. The first-order chi connectivity index (χ1) is 10.3. The van der Waals surface area contributed by atoms with E-state index in [1.807, 2.05) is 30.3 Å². The normalized spacial score (nSPS) is 16.1. The molecule has 22 heavy (non-hydrogen) atoms. The van der Waals surface area contributed by atoms with Crippen LogP contribution in [0.15, 0.2) is 30.3 Å². The van der Waals surface area contributed by atoms with E-state index in [-0.39, 0.29) is 13.2 Å². The Morgan fingerprint density at radius 2 is 1.86 bits per heavy atom. The van der Waals surface area contributed by atoms with Crippen molar-refractivity contribution in [3.8, 4) is 0 Å². The molecule has 0 radical (unpaired) electrons. The van der Waals surface area contributed by atoms with Gasteiger partial charge in [-0.1, -0.05) is 30.3 Å². The molecule has 0 amide bonds. The van der Waals surface area contributed by atoms with Crippen LogP contribution in [0.5, 0.6) is 0 Å². The van der Waals surface area contributed by atoms with Crippen molar-refractivity contribution in [2.75, 3.05) is 19.5 Å². The van der Waals surface area contributed by atoms with Gasteiger partial charge in [0.05, 0.1) is 32.2 Å². The first kappa shape index (κ1) is 19.2. The van der Waals surface area contributed by atoms with Gasteiger partial charge in [0.2, 0.25) is 0 Å². The maximum absolute atomic E-state index is 11.1. The number of ether oxygens (including phenoxy) is 1. The third-order valence-corrected chi connectivity index (χ3v) is 3.87. The topological polar surface area (TPSA) is 99.1 Å². The lowest BCUT2D eigenvalue weighted by atomic mass is 10.1. The summed E-state index contributed by atoms with van der Waals surface area (Å²) < 4.78 is 56.6. The Labute approximate surface area is 133 Å². The predicted octanol–water partition coefficient (Wildman–Crippen LogP) is 1.34. The number of hydrogen-bond acceptors (Lipinski definition) is 6. The fourth-order valence-electron chi connectivity index (χ4n) is 1.64. The van der Waals surface area contributed by atoms with E-state index in [9.17, 15) is 12.6 Å². The minimum Gasteiger partial charge on any atom is -0.376 e. The molecule has 0 saturated heterocycles. The fourth-order valence-corrected chi connectivity index (χ4v) is 2.48. The van der Waals surface area contributed by atoms with Gasteiger partial charge >= 0.3 is 11.4 Å². The standard InChI is InChI=1S/C13H20O7S2/c1-11(20-21(14)15)13(10-19-22(2,16)17)9-18-8-12-6-4-3-5-7-12/h3-7,11,13H,8-10H2,1-2H3,(H,14,15). The lowest BCUT2D eigenvalue weighted by molar-refractivity contribution is 0.0208. The van der Waals surface area contributed by atoms with Gasteiger partial charge in [-0.15, -0.1) is 0 Å². The molecule has 0 aliphatic heterocycles. The highest BCUT2D eigenvalue weighted by Crippen LogP contribution is 2.13. The second kappa shape index (κ2) is 9.33. The summed E-state index contributed by atoms with van der Waals surface area (Å²) in [4.78, 5) is 0. The van der Waals surface area contributed by atoms with Crippen LogP contribution in [0.3, 0.4) is 0 Å². The maximum Gasteiger partial charge on any atom is 0.302 e. The predicted molar refractivity (Wildman–Crippen MR) is 81.7 cm³/mol. The molecule has 0 fully saturated rings. The van der Waals surface area contributed by atoms with Gasteiger partial charge in [0, 0.05) is 5.92 Å². The van der Waals surface area contributed by atoms with E-state index < -0.39 is 33.5 Å². The van der Waals surface area contributed by atoms with Gasteiger partial charge in [-0.3, -0.25) is 12.9 Å². The average Bonchev–Trinajstić information content (AvgIpc) is 2.41. The van der Waals surface area contributed by atoms with Crippen LogP contribution in [0.25, 0.3) is 0 Å². The molecular weight excluding hydrogens is 332 g/mol. The summed E-state index contributed by atoms with van der Waals surface area (Å²) in [5.41, 5.74) is 0.963. The maximum atomic E-state index is 11.1. The van der Waals surface area contributed by atoms with Gasteiger partial charge in [-0.25, -0.2) is 0 Å². The van der Waals surface area contributed by atoms with Crippen LogP contribution in [0.2, 0.25) is 0 Å². The molecule has 1 rings (SSSR count). The monoisotopic (exact) mass is 352 g/mol. The molecule has 126 valence electrons. The Bertz CT molecular complexity index is 559. The van der Waals surface area contributed by atoms with Crippen molar-refractivity contribution in [3.05, 3.63) is 35.9 Å². The SMILES string of the molecule is CC(OS(=O)O)C(COCc1ccccc1)COS(C)(=O)=O. The van der Waals surface area contributed by atoms with Crippen molar-refractivity contribution in [1.82, 2.24) is 0 Å². The molecule has 3 atom stereocenters. The van der Waals surface area contributed by atoms with Crippen molar-refractivity contribution >= 4 is 21.5 Å². The van der Waals surface area contributed by atoms with E-state index in [4.69, 9.17) is 17.7 Å². The largest absolute Gasteiger partial charge is 0.376 e. The molecule has 0 saturated carbocycles. The van der Waals surface area contributed by atoms with Crippen molar-refractivity contribution in [2.45, 2.75) is 19.6 Å². The summed E-state index contributed by atoms with van der Waals surface area (Å²) in [5.74, 6) is -0.505. The summed E-state index contributed by atoms with van der Waals surface area (Å²) in [6.07, 6.45) is 0.230. The molecule has 1 N–H and O–H groups in total. The van der Waals surface area contributed by atoms with Crippen molar-refractivity contribution in [3.63, 3.8) is 0 Å². The zero-order valence-corrected chi connectivity index (χ0v) is 14.0. The van der Waals surface area contributed by atoms with Gasteiger partial charge in [0.15, 0.2) is 0 Å². The minimum atomic E-state index is -3.61. The Hall–Kier alpha value is -0.840. The summed E-state index contributed by atoms with van der Waals surface area (Å²) in [5, 5.41) is 0. The smallest absolute Gasteiger partial charge is 0.302 e. The van der Waals surface area contributed by atoms with Gasteiger partial charge in [0.1, 0.15) is 0 Å². The molecule has 9 heteroatoms. The second-order valence-electron chi connectivity index (χ2n) is 4.77. The molecule has 7 nitrogen and oxygen atoms in total. The molecular formula is C13H20O7S2. The fraction of sp³-hybridized carbons (Fsp3) is 0.538. The molecule has 0 bridgehead atoms. The third-order valence-electron chi connectivity index (χ3n) is 2.84. The first-order valence-corrected chi connectivity index (χ1v) is 9.37. The van der Waals surface area contributed by atoms with E-state index in [0.717, 1.165) is 11.8 Å². The average molecular weight is 352 g/mol. The zero-order valence-electron chi connectivity index (χ0n) is 12.4. The number of hydrogen-bond donors (Lipinski definition) is 1. The van der Waals surface area contributed by atoms with Crippen molar-refractivity contribution < 1.29 is 30.3 Å². The highest BCUT2D eigenvalue weighted by molar-refractivity contribution is 7.85. The van der Waals surface area contributed by atoms with Crippen LogP contribution in [-0.4, -0.2) is 42.8 Å². The summed E-state index contributed by atoms with van der Waals surface area (Å²) in [6, 6.07) is 9.43. The molecule has 0 aliphatic carbocycles. The van der Waals surface area contributed by atoms with Crippen LogP contribution in [0.1, 0.15) is 12.5 Å². The molecule has 1 aromatic rings. The van der Waals surface area contributed by atoms with E-state index >= 15 is 0 Å². The quantitative estimate of drug-likeness (QED) is 0.501. The van der Waals surface area contributed by atoms with Crippen molar-refractivity contribution in [1.29, 1.82) is 0 Å². The zero-order chi connectivity index (χ0) is 16.6. The Morgan fingerprint density at radius 1 is 1.23 bits per heavy atom. The van der Waals surface area contributed by atoms with Crippen LogP contribution < -0.4 is 0 Å². The van der Waals surface area contributed by atoms with E-state index in [2.05, 4.69) is 0 Å². The van der Waals surface area contributed by atoms with Crippen molar-refractivity contribution in [2.24, 2.45) is 5.92 Å². The van der Waals surface area contributed by atoms with Crippen LogP contribution in [-0.2, 0) is 41.2 Å². The summed E-state index contributed by atoms with van der Waals surface area (Å²) in [6.45, 7) is 1.83. The third kappa shape index (κ3) is 8.57. The van der Waals surface area contributed by atoms with Gasteiger partial charge in [0.25, 0.3) is 10.1 Å². The van der Waals surface area contributed by atoms with Gasteiger partial charge in [-0.2, -0.15) is 12.6 Å². The van der Waals surface area contributed by atoms with Crippen LogP contribution in [0, 0.1) is 5.92 Å². The lowest BCUT2D eigenvalue weighted by Gasteiger charge is -2.21. The van der Waals surface area contributed by atoms with Gasteiger partial charge < -0.3 is 4.74 Å². The first-order valence-electron chi connectivity index (χ1n) is 6.52. The number of benzene rings is 1. The molecule has 0 spiro atoms. The van der Waals surface area contributed by atoms with Crippen LogP contribution in [0.4, 0.5) is 0 Å². The minimum absolute atomic E-state index is 0.128. The highest BCUT2D eigenvalue weighted by atomic mass is 32.2. The van der Waals surface area contributed by atoms with Crippen LogP contribution >= 0.6 is 0 Å². The highest BCUT2D eigenvalue weighted by Gasteiger charge is 2.22. The summed E-state index contributed by atoms with van der Waals surface area (Å²) in [7, 11) is -3.61. The Kier molecular flexibility index (Phi) is 8.15. The molecule has 0 aliphatic rings. The lowest BCUT2D eigenvalue weighted by Crippen LogP contribution is -2.31. The number of rotatable bonds is 10.